The van der Waals surface area contributed by atoms with Crippen molar-refractivity contribution >= 4 is 33.2 Å². The molecule has 0 saturated carbocycles. The van der Waals surface area contributed by atoms with Crippen LogP contribution in [0.2, 0.25) is 0 Å². The fourth-order valence-electron chi connectivity index (χ4n) is 2.55. The number of nitrogen functional groups attached to an aromatic ring is 1. The number of amides is 1. The van der Waals surface area contributed by atoms with E-state index >= 15 is 0 Å². The Bertz CT molecular complexity index is 715. The highest BCUT2D eigenvalue weighted by atomic mass is 79.9. The van der Waals surface area contributed by atoms with Gasteiger partial charge in [0.25, 0.3) is 0 Å². The summed E-state index contributed by atoms with van der Waals surface area (Å²) in [6, 6.07) is 11.3. The smallest absolute Gasteiger partial charge is 0.231 e. The maximum Gasteiger partial charge on any atom is 0.231 e. The van der Waals surface area contributed by atoms with Crippen LogP contribution in [0.4, 0.5) is 11.4 Å². The number of hydrogen-bond acceptors (Lipinski definition) is 3. The van der Waals surface area contributed by atoms with E-state index in [1.807, 2.05) is 36.4 Å². The molecule has 1 aliphatic rings. The van der Waals surface area contributed by atoms with Gasteiger partial charge >= 0.3 is 0 Å². The Kier molecular flexibility index (Phi) is 3.59. The van der Waals surface area contributed by atoms with E-state index in [4.69, 9.17) is 10.5 Å². The number of hydrogen-bond donors (Lipinski definition) is 1. The number of rotatable bonds is 3. The molecule has 1 heterocycles. The van der Waals surface area contributed by atoms with Gasteiger partial charge in [-0.2, -0.15) is 0 Å². The van der Waals surface area contributed by atoms with Crippen molar-refractivity contribution < 1.29 is 9.53 Å². The number of methoxy groups -OCH3 is 1. The molecule has 2 aromatic carbocycles. The Morgan fingerprint density at radius 2 is 2.10 bits per heavy atom. The largest absolute Gasteiger partial charge is 0.497 e. The number of anilines is 2. The zero-order valence-electron chi connectivity index (χ0n) is 11.6. The summed E-state index contributed by atoms with van der Waals surface area (Å²) >= 11 is 3.52. The van der Waals surface area contributed by atoms with Gasteiger partial charge in [-0.05, 0) is 47.5 Å². The molecule has 0 atom stereocenters. The number of carbonyl (C=O) groups is 1. The predicted octanol–water partition coefficient (Wildman–Crippen LogP) is 3.13. The molecule has 21 heavy (non-hydrogen) atoms. The summed E-state index contributed by atoms with van der Waals surface area (Å²) in [6.45, 7) is 0.507. The Morgan fingerprint density at radius 1 is 1.29 bits per heavy atom. The molecule has 5 heteroatoms. The minimum Gasteiger partial charge on any atom is -0.497 e. The first-order valence-corrected chi connectivity index (χ1v) is 7.39. The Balaban J connectivity index is 1.94. The van der Waals surface area contributed by atoms with Gasteiger partial charge < -0.3 is 15.4 Å². The molecule has 0 bridgehead atoms. The van der Waals surface area contributed by atoms with Crippen LogP contribution in [0.3, 0.4) is 0 Å². The number of nitrogens with two attached hydrogens (primary N) is 1. The van der Waals surface area contributed by atoms with Crippen molar-refractivity contribution in [3.05, 3.63) is 52.0 Å². The van der Waals surface area contributed by atoms with Crippen LogP contribution in [-0.2, 0) is 17.8 Å². The number of halogens is 1. The van der Waals surface area contributed by atoms with Gasteiger partial charge in [0.1, 0.15) is 5.75 Å². The van der Waals surface area contributed by atoms with E-state index < -0.39 is 0 Å². The minimum atomic E-state index is 0.0883. The zero-order chi connectivity index (χ0) is 15.0. The molecular formula is C16H15BrN2O2. The Labute approximate surface area is 131 Å². The molecule has 0 unspecified atom stereocenters. The van der Waals surface area contributed by atoms with E-state index in [0.717, 1.165) is 27.0 Å². The molecule has 0 fully saturated rings. The molecule has 0 aliphatic carbocycles. The first kappa shape index (κ1) is 13.9. The fourth-order valence-corrected chi connectivity index (χ4v) is 2.92. The lowest BCUT2D eigenvalue weighted by atomic mass is 10.1. The second-order valence-electron chi connectivity index (χ2n) is 5.00. The Hall–Kier alpha value is -2.01. The summed E-state index contributed by atoms with van der Waals surface area (Å²) in [7, 11) is 1.63. The summed E-state index contributed by atoms with van der Waals surface area (Å²) < 4.78 is 6.20. The molecule has 0 spiro atoms. The maximum atomic E-state index is 12.3. The lowest BCUT2D eigenvalue weighted by Crippen LogP contribution is -2.26. The lowest BCUT2D eigenvalue weighted by Gasteiger charge is -2.19. The van der Waals surface area contributed by atoms with Crippen LogP contribution in [0.25, 0.3) is 0 Å². The van der Waals surface area contributed by atoms with Crippen LogP contribution < -0.4 is 15.4 Å². The van der Waals surface area contributed by atoms with Crippen molar-refractivity contribution in [3.8, 4) is 5.75 Å². The third-order valence-corrected chi connectivity index (χ3v) is 4.39. The van der Waals surface area contributed by atoms with E-state index in [1.165, 1.54) is 0 Å². The second kappa shape index (κ2) is 5.41. The first-order valence-electron chi connectivity index (χ1n) is 6.59. The summed E-state index contributed by atoms with van der Waals surface area (Å²) in [6.07, 6.45) is 0.405. The van der Waals surface area contributed by atoms with Gasteiger partial charge in [-0.15, -0.1) is 0 Å². The van der Waals surface area contributed by atoms with Gasteiger partial charge in [0.2, 0.25) is 5.91 Å². The first-order chi connectivity index (χ1) is 10.1. The molecule has 0 radical (unpaired) electrons. The summed E-state index contributed by atoms with van der Waals surface area (Å²) in [5, 5.41) is 0. The van der Waals surface area contributed by atoms with Gasteiger partial charge in [0.15, 0.2) is 0 Å². The SMILES string of the molecule is COc1ccc(Br)c(CN2C(=O)Cc3cc(N)ccc32)c1. The Morgan fingerprint density at radius 3 is 2.86 bits per heavy atom. The van der Waals surface area contributed by atoms with Gasteiger partial charge in [0.05, 0.1) is 20.1 Å². The van der Waals surface area contributed by atoms with E-state index in [1.54, 1.807) is 12.0 Å². The third kappa shape index (κ3) is 2.61. The summed E-state index contributed by atoms with van der Waals surface area (Å²) in [5.74, 6) is 0.864. The monoisotopic (exact) mass is 346 g/mol. The molecule has 2 N–H and O–H groups in total. The van der Waals surface area contributed by atoms with E-state index in [2.05, 4.69) is 15.9 Å². The van der Waals surface area contributed by atoms with E-state index in [-0.39, 0.29) is 5.91 Å². The highest BCUT2D eigenvalue weighted by Gasteiger charge is 2.27. The summed E-state index contributed by atoms with van der Waals surface area (Å²) in [4.78, 5) is 14.0. The molecule has 3 rings (SSSR count). The van der Waals surface area contributed by atoms with Crippen molar-refractivity contribution in [2.45, 2.75) is 13.0 Å². The maximum absolute atomic E-state index is 12.3. The topological polar surface area (TPSA) is 55.6 Å². The van der Waals surface area contributed by atoms with Gasteiger partial charge in [-0.3, -0.25) is 4.79 Å². The van der Waals surface area contributed by atoms with Gasteiger partial charge in [-0.25, -0.2) is 0 Å². The highest BCUT2D eigenvalue weighted by molar-refractivity contribution is 9.10. The van der Waals surface area contributed by atoms with Crippen LogP contribution in [0.15, 0.2) is 40.9 Å². The quantitative estimate of drug-likeness (QED) is 0.868. The average Bonchev–Trinajstić information content (AvgIpc) is 2.76. The number of ether oxygens (including phenoxy) is 1. The van der Waals surface area contributed by atoms with Gasteiger partial charge in [0, 0.05) is 15.8 Å². The number of carbonyl (C=O) groups excluding carboxylic acids is 1. The molecule has 4 nitrogen and oxygen atoms in total. The van der Waals surface area contributed by atoms with Crippen LogP contribution >= 0.6 is 15.9 Å². The third-order valence-electron chi connectivity index (χ3n) is 3.62. The molecule has 108 valence electrons. The highest BCUT2D eigenvalue weighted by Crippen LogP contribution is 2.33. The normalized spacial score (nSPS) is 13.4. The molecule has 2 aromatic rings. The fraction of sp³-hybridized carbons (Fsp3) is 0.188. The molecule has 0 aromatic heterocycles. The molecule has 1 aliphatic heterocycles. The van der Waals surface area contributed by atoms with Crippen molar-refractivity contribution in [3.63, 3.8) is 0 Å². The van der Waals surface area contributed by atoms with Crippen molar-refractivity contribution in [1.29, 1.82) is 0 Å². The van der Waals surface area contributed by atoms with Crippen LogP contribution in [-0.4, -0.2) is 13.0 Å². The van der Waals surface area contributed by atoms with Crippen molar-refractivity contribution in [1.82, 2.24) is 0 Å². The second-order valence-corrected chi connectivity index (χ2v) is 5.86. The number of fused-ring (bicyclic) bond motifs is 1. The minimum absolute atomic E-state index is 0.0883. The van der Waals surface area contributed by atoms with Crippen LogP contribution in [0.1, 0.15) is 11.1 Å². The van der Waals surface area contributed by atoms with Gasteiger partial charge in [-0.1, -0.05) is 15.9 Å². The lowest BCUT2D eigenvalue weighted by molar-refractivity contribution is -0.117. The average molecular weight is 347 g/mol. The van der Waals surface area contributed by atoms with Crippen molar-refractivity contribution in [2.24, 2.45) is 0 Å². The standard InChI is InChI=1S/C16H15BrN2O2/c1-21-13-3-4-14(17)11(7-13)9-19-15-5-2-12(18)6-10(15)8-16(19)20/h2-7H,8-9,18H2,1H3. The van der Waals surface area contributed by atoms with Crippen molar-refractivity contribution in [2.75, 3.05) is 17.7 Å². The molecule has 0 saturated heterocycles. The van der Waals surface area contributed by atoms with E-state index in [0.29, 0.717) is 18.7 Å². The predicted molar refractivity (Wildman–Crippen MR) is 86.4 cm³/mol. The summed E-state index contributed by atoms with van der Waals surface area (Å²) in [5.41, 5.74) is 9.39. The molecular weight excluding hydrogens is 332 g/mol. The zero-order valence-corrected chi connectivity index (χ0v) is 13.2. The number of benzene rings is 2. The van der Waals surface area contributed by atoms with Crippen LogP contribution in [0.5, 0.6) is 5.75 Å². The van der Waals surface area contributed by atoms with Crippen LogP contribution in [0, 0.1) is 0 Å². The van der Waals surface area contributed by atoms with E-state index in [9.17, 15) is 4.79 Å². The number of nitrogens with zero attached hydrogens (tertiary/aromatic N) is 1. The molecule has 1 amide bonds.